The van der Waals surface area contributed by atoms with E-state index < -0.39 is 0 Å². The highest BCUT2D eigenvalue weighted by atomic mass is 32.1. The van der Waals surface area contributed by atoms with Crippen LogP contribution in [0.3, 0.4) is 0 Å². The molecular formula is C47H28N6S2. The minimum Gasteiger partial charge on any atom is -0.309 e. The van der Waals surface area contributed by atoms with Crippen LogP contribution >= 0.6 is 22.7 Å². The summed E-state index contributed by atoms with van der Waals surface area (Å²) in [6, 6.07) is 58.8. The van der Waals surface area contributed by atoms with E-state index in [1.165, 1.54) is 21.0 Å². The first-order valence-corrected chi connectivity index (χ1v) is 19.6. The molecule has 6 nitrogen and oxygen atoms in total. The number of aromatic nitrogens is 6. The zero-order valence-corrected chi connectivity index (χ0v) is 30.8. The van der Waals surface area contributed by atoms with Crippen LogP contribution in [0.4, 0.5) is 0 Å². The average molecular weight is 741 g/mol. The van der Waals surface area contributed by atoms with Gasteiger partial charge in [-0.15, -0.1) is 22.7 Å². The lowest BCUT2D eigenvalue weighted by molar-refractivity contribution is 1.07. The summed E-state index contributed by atoms with van der Waals surface area (Å²) in [7, 11) is 0. The van der Waals surface area contributed by atoms with Crippen LogP contribution in [0, 0.1) is 0 Å². The lowest BCUT2D eigenvalue weighted by Gasteiger charge is -2.09. The van der Waals surface area contributed by atoms with Gasteiger partial charge in [0.05, 0.1) is 31.5 Å². The highest BCUT2D eigenvalue weighted by molar-refractivity contribution is 7.22. The van der Waals surface area contributed by atoms with Gasteiger partial charge in [0.1, 0.15) is 10.0 Å². The third-order valence-corrected chi connectivity index (χ3v) is 12.1. The fraction of sp³-hybridized carbons (Fsp3) is 0. The number of hydrogen-bond donors (Lipinski definition) is 0. The van der Waals surface area contributed by atoms with Crippen molar-refractivity contribution in [1.82, 2.24) is 29.5 Å². The molecule has 0 amide bonds. The zero-order chi connectivity index (χ0) is 36.3. The minimum absolute atomic E-state index is 0.617. The molecule has 0 spiro atoms. The molecule has 0 saturated heterocycles. The standard InChI is InChI=1S/C47H28N6S2/c1-3-11-29(12-4-1)43-50-44(30-13-5-2-6-14-30)52-45(51-43)32-22-26-42-38(28-32)49-46(55-42)31-19-23-34(24-20-31)53-39-17-9-7-15-35(39)36-27-33(21-25-40(36)53)47-48-37-16-8-10-18-41(37)54-47/h1-28H. The van der Waals surface area contributed by atoms with Crippen molar-refractivity contribution in [2.75, 3.05) is 0 Å². The first-order chi connectivity index (χ1) is 27.2. The van der Waals surface area contributed by atoms with Gasteiger partial charge in [0.15, 0.2) is 17.5 Å². The molecule has 0 atom stereocenters. The van der Waals surface area contributed by atoms with Crippen LogP contribution in [0.2, 0.25) is 0 Å². The quantitative estimate of drug-likeness (QED) is 0.170. The van der Waals surface area contributed by atoms with Gasteiger partial charge in [0, 0.05) is 44.3 Å². The van der Waals surface area contributed by atoms with Gasteiger partial charge in [-0.2, -0.15) is 0 Å². The Morgan fingerprint density at radius 3 is 1.62 bits per heavy atom. The van der Waals surface area contributed by atoms with E-state index in [0.717, 1.165) is 64.8 Å². The first-order valence-electron chi connectivity index (χ1n) is 18.0. The molecule has 0 bridgehead atoms. The Morgan fingerprint density at radius 2 is 0.891 bits per heavy atom. The van der Waals surface area contributed by atoms with Crippen molar-refractivity contribution in [3.63, 3.8) is 0 Å². The largest absolute Gasteiger partial charge is 0.309 e. The molecule has 4 aromatic heterocycles. The van der Waals surface area contributed by atoms with Crippen LogP contribution < -0.4 is 0 Å². The van der Waals surface area contributed by atoms with Gasteiger partial charge in [-0.3, -0.25) is 0 Å². The topological polar surface area (TPSA) is 69.4 Å². The number of rotatable bonds is 6. The lowest BCUT2D eigenvalue weighted by Crippen LogP contribution is -2.00. The monoisotopic (exact) mass is 740 g/mol. The number of nitrogens with zero attached hydrogens (tertiary/aromatic N) is 6. The van der Waals surface area contributed by atoms with E-state index in [1.807, 2.05) is 66.7 Å². The second-order valence-corrected chi connectivity index (χ2v) is 15.4. The Labute approximate surface area is 323 Å². The number of benzene rings is 7. The summed E-state index contributed by atoms with van der Waals surface area (Å²) >= 11 is 3.42. The first kappa shape index (κ1) is 31.6. The fourth-order valence-corrected chi connectivity index (χ4v) is 9.17. The molecule has 55 heavy (non-hydrogen) atoms. The third kappa shape index (κ3) is 5.58. The van der Waals surface area contributed by atoms with E-state index in [1.54, 1.807) is 22.7 Å². The maximum atomic E-state index is 5.11. The highest BCUT2D eigenvalue weighted by Gasteiger charge is 2.17. The molecule has 11 rings (SSSR count). The summed E-state index contributed by atoms with van der Waals surface area (Å²) in [5.74, 6) is 1.90. The van der Waals surface area contributed by atoms with Crippen LogP contribution in [-0.2, 0) is 0 Å². The van der Waals surface area contributed by atoms with Crippen molar-refractivity contribution in [2.24, 2.45) is 0 Å². The number of hydrogen-bond acceptors (Lipinski definition) is 7. The minimum atomic E-state index is 0.617. The van der Waals surface area contributed by atoms with Crippen LogP contribution in [-0.4, -0.2) is 29.5 Å². The Balaban J connectivity index is 0.947. The van der Waals surface area contributed by atoms with Gasteiger partial charge in [0.2, 0.25) is 0 Å². The maximum absolute atomic E-state index is 5.11. The second kappa shape index (κ2) is 12.9. The molecule has 0 unspecified atom stereocenters. The Morgan fingerprint density at radius 1 is 0.345 bits per heavy atom. The van der Waals surface area contributed by atoms with Gasteiger partial charge in [-0.1, -0.05) is 91.0 Å². The van der Waals surface area contributed by atoms with Crippen molar-refractivity contribution in [3.05, 3.63) is 170 Å². The van der Waals surface area contributed by atoms with E-state index in [-0.39, 0.29) is 0 Å². The summed E-state index contributed by atoms with van der Waals surface area (Å²) in [5, 5.41) is 4.43. The van der Waals surface area contributed by atoms with Crippen LogP contribution in [0.25, 0.3) is 103 Å². The molecule has 7 aromatic carbocycles. The number of fused-ring (bicyclic) bond motifs is 5. The fourth-order valence-electron chi connectivity index (χ4n) is 7.26. The molecule has 0 aliphatic rings. The smallest absolute Gasteiger partial charge is 0.164 e. The van der Waals surface area contributed by atoms with Crippen molar-refractivity contribution in [2.45, 2.75) is 0 Å². The van der Waals surface area contributed by atoms with Crippen molar-refractivity contribution < 1.29 is 0 Å². The van der Waals surface area contributed by atoms with Gasteiger partial charge < -0.3 is 4.57 Å². The summed E-state index contributed by atoms with van der Waals surface area (Å²) in [6.07, 6.45) is 0. The predicted octanol–water partition coefficient (Wildman–Crippen LogP) is 12.5. The summed E-state index contributed by atoms with van der Waals surface area (Å²) < 4.78 is 4.66. The van der Waals surface area contributed by atoms with Gasteiger partial charge in [0.25, 0.3) is 0 Å². The lowest BCUT2D eigenvalue weighted by atomic mass is 10.1. The molecule has 11 aromatic rings. The Bertz CT molecular complexity index is 3110. The van der Waals surface area contributed by atoms with Gasteiger partial charge in [-0.05, 0) is 78.9 Å². The van der Waals surface area contributed by atoms with Crippen molar-refractivity contribution in [3.8, 4) is 61.0 Å². The van der Waals surface area contributed by atoms with Crippen LogP contribution in [0.5, 0.6) is 0 Å². The number of para-hydroxylation sites is 2. The highest BCUT2D eigenvalue weighted by Crippen LogP contribution is 2.38. The van der Waals surface area contributed by atoms with Crippen LogP contribution in [0.1, 0.15) is 0 Å². The normalized spacial score (nSPS) is 11.6. The van der Waals surface area contributed by atoms with E-state index in [2.05, 4.69) is 108 Å². The van der Waals surface area contributed by atoms with E-state index in [4.69, 9.17) is 24.9 Å². The summed E-state index contributed by atoms with van der Waals surface area (Å²) in [6.45, 7) is 0. The van der Waals surface area contributed by atoms with E-state index in [9.17, 15) is 0 Å². The molecule has 258 valence electrons. The third-order valence-electron chi connectivity index (χ3n) is 9.93. The molecule has 8 heteroatoms. The zero-order valence-electron chi connectivity index (χ0n) is 29.2. The molecule has 0 aliphatic carbocycles. The molecule has 0 fully saturated rings. The Hall–Kier alpha value is -6.87. The molecule has 0 saturated carbocycles. The van der Waals surface area contributed by atoms with Crippen LogP contribution in [0.15, 0.2) is 170 Å². The SMILES string of the molecule is c1ccc(-c2nc(-c3ccccc3)nc(-c3ccc4sc(-c5ccc(-n6c7ccccc7c7cc(-c8nc9ccccc9s8)ccc76)cc5)nc4c3)n2)cc1. The van der Waals surface area contributed by atoms with Crippen molar-refractivity contribution >= 4 is 64.9 Å². The molecule has 4 heterocycles. The summed E-state index contributed by atoms with van der Waals surface area (Å²) in [4.78, 5) is 24.7. The van der Waals surface area contributed by atoms with Gasteiger partial charge in [-0.25, -0.2) is 24.9 Å². The molecule has 0 radical (unpaired) electrons. The van der Waals surface area contributed by atoms with Crippen molar-refractivity contribution in [1.29, 1.82) is 0 Å². The Kier molecular flexibility index (Phi) is 7.43. The van der Waals surface area contributed by atoms with E-state index in [0.29, 0.717) is 17.5 Å². The predicted molar refractivity (Wildman–Crippen MR) is 228 cm³/mol. The van der Waals surface area contributed by atoms with Gasteiger partial charge >= 0.3 is 0 Å². The summed E-state index contributed by atoms with van der Waals surface area (Å²) in [5.41, 5.74) is 10.4. The molecule has 0 aliphatic heterocycles. The second-order valence-electron chi connectivity index (χ2n) is 13.4. The van der Waals surface area contributed by atoms with E-state index >= 15 is 0 Å². The maximum Gasteiger partial charge on any atom is 0.164 e. The average Bonchev–Trinajstić information content (AvgIpc) is 3.98. The molecular weight excluding hydrogens is 713 g/mol. The molecule has 0 N–H and O–H groups in total. The number of thiazole rings is 2.